The number of primary amides is 1. The number of rotatable bonds is 7. The van der Waals surface area contributed by atoms with Crippen molar-refractivity contribution in [2.75, 3.05) is 44.4 Å². The molecule has 6 nitrogen and oxygen atoms in total. The van der Waals surface area contributed by atoms with Gasteiger partial charge in [0.2, 0.25) is 0 Å². The zero-order chi connectivity index (χ0) is 23.0. The summed E-state index contributed by atoms with van der Waals surface area (Å²) in [5, 5.41) is 3.32. The van der Waals surface area contributed by atoms with Gasteiger partial charge >= 0.3 is 0 Å². The fraction of sp³-hybridized carbons (Fsp3) is 0.385. The lowest BCUT2D eigenvalue weighted by Crippen LogP contribution is -2.31. The third kappa shape index (κ3) is 3.91. The highest BCUT2D eigenvalue weighted by atomic mass is 16.1. The molecule has 2 aliphatic rings. The van der Waals surface area contributed by atoms with Gasteiger partial charge in [-0.15, -0.1) is 0 Å². The summed E-state index contributed by atoms with van der Waals surface area (Å²) in [5.41, 5.74) is 13.1. The molecule has 1 amide bonds. The molecule has 0 fully saturated rings. The summed E-state index contributed by atoms with van der Waals surface area (Å²) in [6, 6.07) is 8.29. The average molecular weight is 433 g/mol. The minimum absolute atomic E-state index is 0.157. The number of nitrogens with two attached hydrogens (primary N) is 1. The minimum Gasteiger partial charge on any atom is -0.373 e. The van der Waals surface area contributed by atoms with E-state index in [1.807, 2.05) is 33.4 Å². The summed E-state index contributed by atoms with van der Waals surface area (Å²) >= 11 is 0. The number of Topliss-reactive ketones (excluding diaryl/α,β-unsaturated/α-hetero) is 1. The average Bonchev–Trinajstić information content (AvgIpc) is 3.15. The van der Waals surface area contributed by atoms with Gasteiger partial charge in [-0.25, -0.2) is 0 Å². The Morgan fingerprint density at radius 1 is 1.12 bits per heavy atom. The van der Waals surface area contributed by atoms with Gasteiger partial charge in [-0.1, -0.05) is 25.1 Å². The molecule has 1 unspecified atom stereocenters. The molecule has 1 atom stereocenters. The van der Waals surface area contributed by atoms with Crippen LogP contribution in [0, 0.1) is 0 Å². The van der Waals surface area contributed by atoms with E-state index in [1.165, 1.54) is 0 Å². The van der Waals surface area contributed by atoms with E-state index in [1.54, 1.807) is 0 Å². The molecule has 168 valence electrons. The summed E-state index contributed by atoms with van der Waals surface area (Å²) in [6.07, 6.45) is 6.33. The number of fused-ring (bicyclic) bond motifs is 2. The van der Waals surface area contributed by atoms with Crippen LogP contribution in [0.1, 0.15) is 57.5 Å². The summed E-state index contributed by atoms with van der Waals surface area (Å²) in [6.45, 7) is 3.74. The van der Waals surface area contributed by atoms with E-state index in [4.69, 9.17) is 5.73 Å². The van der Waals surface area contributed by atoms with Crippen LogP contribution in [-0.2, 0) is 6.42 Å². The molecule has 32 heavy (non-hydrogen) atoms. The van der Waals surface area contributed by atoms with Crippen LogP contribution in [0.5, 0.6) is 0 Å². The van der Waals surface area contributed by atoms with Gasteiger partial charge in [0.05, 0.1) is 16.9 Å². The number of nitrogens with one attached hydrogen (secondary N) is 1. The molecule has 1 aliphatic carbocycles. The number of anilines is 2. The van der Waals surface area contributed by atoms with E-state index in [2.05, 4.69) is 46.3 Å². The highest BCUT2D eigenvalue weighted by Crippen LogP contribution is 2.45. The standard InChI is InChI=1S/C26H32N4O2/c1-5-16-10-11-28-25-23(16)20(18-7-6-17-8-9-22(31)19(17)14-18)15-21(24(25)26(27)32)30(4)13-12-29(2)3/h6-7,10-11,14-16,28H,5,8-9,12-13H2,1-4H3,(H2,27,32). The Morgan fingerprint density at radius 2 is 1.91 bits per heavy atom. The first kappa shape index (κ1) is 22.1. The number of benzene rings is 2. The maximum Gasteiger partial charge on any atom is 0.252 e. The van der Waals surface area contributed by atoms with Gasteiger partial charge in [-0.3, -0.25) is 9.59 Å². The van der Waals surface area contributed by atoms with E-state index >= 15 is 0 Å². The molecule has 3 N–H and O–H groups in total. The largest absolute Gasteiger partial charge is 0.373 e. The Balaban J connectivity index is 1.95. The van der Waals surface area contributed by atoms with E-state index in [0.717, 1.165) is 65.1 Å². The fourth-order valence-electron chi connectivity index (χ4n) is 4.77. The Morgan fingerprint density at radius 3 is 2.59 bits per heavy atom. The minimum atomic E-state index is -0.443. The molecule has 0 saturated heterocycles. The maximum atomic E-state index is 12.7. The maximum absolute atomic E-state index is 12.7. The van der Waals surface area contributed by atoms with Crippen molar-refractivity contribution < 1.29 is 9.59 Å². The van der Waals surface area contributed by atoms with Crippen molar-refractivity contribution in [1.82, 2.24) is 4.90 Å². The first-order valence-corrected chi connectivity index (χ1v) is 11.3. The molecule has 2 aromatic carbocycles. The molecule has 2 aromatic rings. The first-order valence-electron chi connectivity index (χ1n) is 11.3. The number of allylic oxidation sites excluding steroid dienone is 1. The number of hydrogen-bond acceptors (Lipinski definition) is 5. The predicted molar refractivity (Wildman–Crippen MR) is 131 cm³/mol. The van der Waals surface area contributed by atoms with Crippen molar-refractivity contribution in [3.63, 3.8) is 0 Å². The molecule has 0 bridgehead atoms. The van der Waals surface area contributed by atoms with Crippen LogP contribution in [0.3, 0.4) is 0 Å². The predicted octanol–water partition coefficient (Wildman–Crippen LogP) is 4.01. The molecule has 0 aromatic heterocycles. The van der Waals surface area contributed by atoms with Crippen LogP contribution in [0.4, 0.5) is 11.4 Å². The van der Waals surface area contributed by atoms with Crippen molar-refractivity contribution in [3.8, 4) is 11.1 Å². The normalized spacial score (nSPS) is 16.7. The number of nitrogens with zero attached hydrogens (tertiary/aromatic N) is 2. The monoisotopic (exact) mass is 432 g/mol. The van der Waals surface area contributed by atoms with Gasteiger partial charge in [-0.2, -0.15) is 0 Å². The van der Waals surface area contributed by atoms with Crippen molar-refractivity contribution in [1.29, 1.82) is 0 Å². The molecular formula is C26H32N4O2. The lowest BCUT2D eigenvalue weighted by Gasteiger charge is -2.31. The van der Waals surface area contributed by atoms with Crippen LogP contribution in [0.15, 0.2) is 36.5 Å². The Hall–Kier alpha value is -3.12. The number of carbonyl (C=O) groups is 2. The number of carbonyl (C=O) groups excluding carboxylic acids is 2. The van der Waals surface area contributed by atoms with Crippen molar-refractivity contribution in [3.05, 3.63) is 58.8 Å². The van der Waals surface area contributed by atoms with Crippen LogP contribution >= 0.6 is 0 Å². The zero-order valence-corrected chi connectivity index (χ0v) is 19.4. The lowest BCUT2D eigenvalue weighted by molar-refractivity contribution is 0.0989. The first-order chi connectivity index (χ1) is 15.3. The van der Waals surface area contributed by atoms with Gasteiger partial charge in [0.1, 0.15) is 0 Å². The zero-order valence-electron chi connectivity index (χ0n) is 19.4. The van der Waals surface area contributed by atoms with E-state index < -0.39 is 5.91 Å². The third-order valence-electron chi connectivity index (χ3n) is 6.60. The number of amides is 1. The summed E-state index contributed by atoms with van der Waals surface area (Å²) in [7, 11) is 6.05. The lowest BCUT2D eigenvalue weighted by atomic mass is 9.82. The SMILES string of the molecule is CCC1C=CNc2c(C(N)=O)c(N(C)CCN(C)C)cc(-c3ccc4c(c3)C(=O)CC4)c21. The molecule has 4 rings (SSSR count). The Labute approximate surface area is 190 Å². The number of likely N-dealkylation sites (N-methyl/N-ethyl adjacent to an activating group) is 2. The van der Waals surface area contributed by atoms with E-state index in [0.29, 0.717) is 12.0 Å². The molecule has 0 spiro atoms. The molecule has 1 aliphatic heterocycles. The van der Waals surface area contributed by atoms with Gasteiger partial charge in [0.15, 0.2) is 5.78 Å². The second-order valence-corrected chi connectivity index (χ2v) is 9.01. The van der Waals surface area contributed by atoms with E-state index in [9.17, 15) is 9.59 Å². The van der Waals surface area contributed by atoms with E-state index in [-0.39, 0.29) is 11.7 Å². The van der Waals surface area contributed by atoms with Gasteiger partial charge in [0, 0.05) is 38.0 Å². The fourth-order valence-corrected chi connectivity index (χ4v) is 4.77. The summed E-state index contributed by atoms with van der Waals surface area (Å²) in [5.74, 6) is -0.0800. The van der Waals surface area contributed by atoms with Crippen LogP contribution < -0.4 is 16.0 Å². The number of aryl methyl sites for hydroxylation is 1. The molecule has 0 radical (unpaired) electrons. The van der Waals surface area contributed by atoms with Crippen LogP contribution in [0.2, 0.25) is 0 Å². The smallest absolute Gasteiger partial charge is 0.252 e. The number of hydrogen-bond donors (Lipinski definition) is 2. The second-order valence-electron chi connectivity index (χ2n) is 9.01. The summed E-state index contributed by atoms with van der Waals surface area (Å²) < 4.78 is 0. The Kier molecular flexibility index (Phi) is 6.07. The van der Waals surface area contributed by atoms with Gasteiger partial charge in [0.25, 0.3) is 5.91 Å². The number of ketones is 1. The van der Waals surface area contributed by atoms with Crippen molar-refractivity contribution in [2.24, 2.45) is 5.73 Å². The Bertz CT molecular complexity index is 1100. The molecule has 1 heterocycles. The quantitative estimate of drug-likeness (QED) is 0.691. The molecule has 0 saturated carbocycles. The van der Waals surface area contributed by atoms with Crippen LogP contribution in [0.25, 0.3) is 11.1 Å². The van der Waals surface area contributed by atoms with Gasteiger partial charge < -0.3 is 20.9 Å². The van der Waals surface area contributed by atoms with Crippen LogP contribution in [-0.4, -0.2) is 50.8 Å². The van der Waals surface area contributed by atoms with Gasteiger partial charge in [-0.05, 0) is 67.5 Å². The molecular weight excluding hydrogens is 400 g/mol. The highest BCUT2D eigenvalue weighted by Gasteiger charge is 2.29. The van der Waals surface area contributed by atoms with Crippen molar-refractivity contribution in [2.45, 2.75) is 32.1 Å². The highest BCUT2D eigenvalue weighted by molar-refractivity contribution is 6.08. The van der Waals surface area contributed by atoms with Crippen molar-refractivity contribution >= 4 is 23.1 Å². The third-order valence-corrected chi connectivity index (χ3v) is 6.60. The summed E-state index contributed by atoms with van der Waals surface area (Å²) in [4.78, 5) is 29.3. The second kappa shape index (κ2) is 8.79. The topological polar surface area (TPSA) is 78.7 Å². The molecule has 6 heteroatoms.